The normalized spacial score (nSPS) is 11.7. The van der Waals surface area contributed by atoms with Gasteiger partial charge in [-0.2, -0.15) is 0 Å². The maximum atomic E-state index is 2.29. The zero-order valence-corrected chi connectivity index (χ0v) is 22.9. The fraction of sp³-hybridized carbons (Fsp3) is 0.0500. The molecule has 7 aromatic carbocycles. The average Bonchev–Trinajstić information content (AvgIpc) is 3.01. The molecule has 0 aliphatic carbocycles. The van der Waals surface area contributed by atoms with E-state index in [0.717, 1.165) is 0 Å². The van der Waals surface area contributed by atoms with E-state index in [2.05, 4.69) is 159 Å². The van der Waals surface area contributed by atoms with Gasteiger partial charge in [-0.1, -0.05) is 146 Å². The van der Waals surface area contributed by atoms with Gasteiger partial charge in [-0.25, -0.2) is 0 Å². The summed E-state index contributed by atoms with van der Waals surface area (Å²) in [6, 6.07) is 49.0. The molecule has 0 fully saturated rings. The molecule has 0 heterocycles. The summed E-state index contributed by atoms with van der Waals surface area (Å²) in [6.45, 7) is 4.25. The summed E-state index contributed by atoms with van der Waals surface area (Å²) in [6.07, 6.45) is 4.26. The predicted octanol–water partition coefficient (Wildman–Crippen LogP) is 11.5. The van der Waals surface area contributed by atoms with Crippen LogP contribution in [0, 0.1) is 6.92 Å². The molecule has 0 saturated carbocycles. The van der Waals surface area contributed by atoms with Crippen LogP contribution in [0.15, 0.2) is 140 Å². The van der Waals surface area contributed by atoms with Crippen LogP contribution in [-0.2, 0) is 0 Å². The van der Waals surface area contributed by atoms with Gasteiger partial charge in [0.1, 0.15) is 0 Å². The van der Waals surface area contributed by atoms with E-state index >= 15 is 0 Å². The number of hydrogen-bond donors (Lipinski definition) is 0. The van der Waals surface area contributed by atoms with E-state index < -0.39 is 0 Å². The summed E-state index contributed by atoms with van der Waals surface area (Å²) in [5.74, 6) is 0. The van der Waals surface area contributed by atoms with Crippen LogP contribution in [0.2, 0.25) is 0 Å². The molecule has 40 heavy (non-hydrogen) atoms. The van der Waals surface area contributed by atoms with Crippen molar-refractivity contribution in [1.29, 1.82) is 0 Å². The molecule has 0 saturated heterocycles. The number of hydrogen-bond acceptors (Lipinski definition) is 0. The lowest BCUT2D eigenvalue weighted by Gasteiger charge is -2.19. The van der Waals surface area contributed by atoms with Gasteiger partial charge in [-0.15, -0.1) is 0 Å². The lowest BCUT2D eigenvalue weighted by atomic mass is 9.84. The molecule has 0 unspecified atom stereocenters. The fourth-order valence-electron chi connectivity index (χ4n) is 6.22. The quantitative estimate of drug-likeness (QED) is 0.207. The molecule has 0 spiro atoms. The Bertz CT molecular complexity index is 1990. The van der Waals surface area contributed by atoms with Gasteiger partial charge in [0.05, 0.1) is 0 Å². The van der Waals surface area contributed by atoms with Crippen molar-refractivity contribution in [2.24, 2.45) is 0 Å². The van der Waals surface area contributed by atoms with Crippen molar-refractivity contribution in [3.8, 4) is 33.4 Å². The Morgan fingerprint density at radius 3 is 1.60 bits per heavy atom. The minimum atomic E-state index is 1.24. The molecule has 190 valence electrons. The topological polar surface area (TPSA) is 0 Å². The van der Waals surface area contributed by atoms with Crippen LogP contribution in [0.25, 0.3) is 71.8 Å². The summed E-state index contributed by atoms with van der Waals surface area (Å²) in [5, 5.41) is 7.68. The maximum Gasteiger partial charge on any atom is -0.00201 e. The Morgan fingerprint density at radius 2 is 0.975 bits per heavy atom. The molecule has 0 N–H and O–H groups in total. The Labute approximate surface area is 235 Å². The van der Waals surface area contributed by atoms with Crippen molar-refractivity contribution in [3.05, 3.63) is 151 Å². The molecule has 0 bridgehead atoms. The van der Waals surface area contributed by atoms with E-state index in [1.807, 2.05) is 0 Å². The second-order valence-corrected chi connectivity index (χ2v) is 10.5. The zero-order chi connectivity index (χ0) is 27.1. The Balaban J connectivity index is 1.45. The van der Waals surface area contributed by atoms with E-state index in [-0.39, 0.29) is 0 Å². The number of fused-ring (bicyclic) bond motifs is 3. The van der Waals surface area contributed by atoms with Gasteiger partial charge in [-0.3, -0.25) is 0 Å². The van der Waals surface area contributed by atoms with Crippen molar-refractivity contribution >= 4 is 38.4 Å². The van der Waals surface area contributed by atoms with Crippen LogP contribution < -0.4 is 0 Å². The molecule has 0 amide bonds. The minimum Gasteiger partial charge on any atom is -0.0871 e. The van der Waals surface area contributed by atoms with Crippen molar-refractivity contribution < 1.29 is 0 Å². The molecule has 0 aliphatic rings. The second-order valence-electron chi connectivity index (χ2n) is 10.5. The zero-order valence-electron chi connectivity index (χ0n) is 22.9. The highest BCUT2D eigenvalue weighted by Gasteiger charge is 2.17. The Morgan fingerprint density at radius 1 is 0.450 bits per heavy atom. The van der Waals surface area contributed by atoms with Crippen LogP contribution in [0.4, 0.5) is 0 Å². The van der Waals surface area contributed by atoms with Crippen molar-refractivity contribution in [2.45, 2.75) is 13.8 Å². The average molecular weight is 511 g/mol. The van der Waals surface area contributed by atoms with Gasteiger partial charge in [0.15, 0.2) is 0 Å². The molecule has 0 atom stereocenters. The Hall–Kier alpha value is -4.94. The lowest BCUT2D eigenvalue weighted by Crippen LogP contribution is -1.91. The van der Waals surface area contributed by atoms with Crippen LogP contribution >= 0.6 is 0 Å². The summed E-state index contributed by atoms with van der Waals surface area (Å²) in [5.41, 5.74) is 10.2. The van der Waals surface area contributed by atoms with Gasteiger partial charge < -0.3 is 0 Å². The predicted molar refractivity (Wildman–Crippen MR) is 175 cm³/mol. The van der Waals surface area contributed by atoms with E-state index in [9.17, 15) is 0 Å². The molecular weight excluding hydrogens is 480 g/mol. The minimum absolute atomic E-state index is 1.24. The van der Waals surface area contributed by atoms with Crippen molar-refractivity contribution in [1.82, 2.24) is 0 Å². The summed E-state index contributed by atoms with van der Waals surface area (Å²) in [7, 11) is 0. The van der Waals surface area contributed by atoms with Crippen LogP contribution in [0.1, 0.15) is 18.1 Å². The summed E-state index contributed by atoms with van der Waals surface area (Å²) < 4.78 is 0. The second kappa shape index (κ2) is 9.98. The maximum absolute atomic E-state index is 2.29. The first-order chi connectivity index (χ1) is 19.7. The number of allylic oxidation sites excluding steroid dienone is 1. The largest absolute Gasteiger partial charge is 0.0871 e. The molecule has 0 aromatic heterocycles. The van der Waals surface area contributed by atoms with Gasteiger partial charge >= 0.3 is 0 Å². The van der Waals surface area contributed by atoms with E-state index in [4.69, 9.17) is 0 Å². The highest BCUT2D eigenvalue weighted by Crippen LogP contribution is 2.45. The number of benzene rings is 7. The third-order valence-electron chi connectivity index (χ3n) is 8.11. The molecule has 0 aliphatic heterocycles. The lowest BCUT2D eigenvalue weighted by molar-refractivity contribution is 1.44. The summed E-state index contributed by atoms with van der Waals surface area (Å²) >= 11 is 0. The highest BCUT2D eigenvalue weighted by atomic mass is 14.2. The van der Waals surface area contributed by atoms with Crippen molar-refractivity contribution in [3.63, 3.8) is 0 Å². The monoisotopic (exact) mass is 510 g/mol. The molecule has 0 heteroatoms. The molecule has 7 aromatic rings. The van der Waals surface area contributed by atoms with Crippen LogP contribution in [0.3, 0.4) is 0 Å². The van der Waals surface area contributed by atoms with Crippen molar-refractivity contribution in [2.75, 3.05) is 0 Å². The first-order valence-electron chi connectivity index (χ1n) is 14.0. The smallest absolute Gasteiger partial charge is 0.00201 e. The summed E-state index contributed by atoms with van der Waals surface area (Å²) in [4.78, 5) is 0. The first kappa shape index (κ1) is 24.1. The van der Waals surface area contributed by atoms with Gasteiger partial charge in [0.2, 0.25) is 0 Å². The first-order valence-corrected chi connectivity index (χ1v) is 14.0. The standard InChI is InChI=1S/C40H30/c1-3-11-28-20-25-32(26-27(28)2)29-21-23-31(24-22-29)39-35-15-6-8-17-37(35)40(38-18-9-7-16-36(38)39)34-19-10-13-30-12-4-5-14-33(30)34/h3-26H,1-2H3/b11-3-. The molecule has 0 radical (unpaired) electrons. The number of aryl methyl sites for hydroxylation is 1. The SMILES string of the molecule is C/C=C\c1ccc(-c2ccc(-c3c4ccccc4c(-c4cccc5ccccc45)c4ccccc34)cc2)cc1C. The third-order valence-corrected chi connectivity index (χ3v) is 8.11. The van der Waals surface area contributed by atoms with E-state index in [1.165, 1.54) is 76.8 Å². The van der Waals surface area contributed by atoms with E-state index in [0.29, 0.717) is 0 Å². The van der Waals surface area contributed by atoms with Gasteiger partial charge in [-0.05, 0) is 90.7 Å². The van der Waals surface area contributed by atoms with Crippen LogP contribution in [-0.4, -0.2) is 0 Å². The third kappa shape index (κ3) is 4.01. The molecular formula is C40H30. The molecule has 0 nitrogen and oxygen atoms in total. The molecule has 7 rings (SSSR count). The Kier molecular flexibility index (Phi) is 6.02. The number of rotatable bonds is 4. The van der Waals surface area contributed by atoms with E-state index in [1.54, 1.807) is 0 Å². The van der Waals surface area contributed by atoms with Gasteiger partial charge in [0.25, 0.3) is 0 Å². The fourth-order valence-corrected chi connectivity index (χ4v) is 6.22. The van der Waals surface area contributed by atoms with Gasteiger partial charge in [0, 0.05) is 0 Å². The highest BCUT2D eigenvalue weighted by molar-refractivity contribution is 6.23. The van der Waals surface area contributed by atoms with Crippen LogP contribution in [0.5, 0.6) is 0 Å².